The van der Waals surface area contributed by atoms with Gasteiger partial charge >= 0.3 is 6.18 Å². The number of hydrogen-bond donors (Lipinski definition) is 0. The van der Waals surface area contributed by atoms with Crippen molar-refractivity contribution < 1.29 is 31.1 Å². The Morgan fingerprint density at radius 1 is 1.48 bits per heavy atom. The van der Waals surface area contributed by atoms with Crippen molar-refractivity contribution in [3.8, 4) is 5.88 Å². The second kappa shape index (κ2) is 6.34. The van der Waals surface area contributed by atoms with Gasteiger partial charge in [0, 0.05) is 19.3 Å². The maximum absolute atomic E-state index is 12.4. The number of alkyl halides is 3. The lowest BCUT2D eigenvalue weighted by atomic mass is 10.2. The Morgan fingerprint density at radius 2 is 2.17 bits per heavy atom. The molecule has 10 heteroatoms. The maximum atomic E-state index is 12.4. The molecule has 0 radical (unpaired) electrons. The zero-order valence-electron chi connectivity index (χ0n) is 12.2. The number of sulfone groups is 1. The number of carbonyl (C=O) groups is 1. The third kappa shape index (κ3) is 4.57. The molecule has 1 unspecified atom stereocenters. The number of carbonyl (C=O) groups excluding carboxylic acids is 1. The van der Waals surface area contributed by atoms with Crippen LogP contribution < -0.4 is 4.74 Å². The summed E-state index contributed by atoms with van der Waals surface area (Å²) in [6.45, 7) is -1.56. The molecule has 1 aliphatic heterocycles. The monoisotopic (exact) mass is 352 g/mol. The highest BCUT2D eigenvalue weighted by molar-refractivity contribution is 7.91. The molecule has 0 bridgehead atoms. The molecule has 2 heterocycles. The molecule has 1 aromatic heterocycles. The van der Waals surface area contributed by atoms with Crippen LogP contribution in [0.2, 0.25) is 0 Å². The number of halogens is 3. The molecule has 0 N–H and O–H groups in total. The Hall–Kier alpha value is -1.84. The van der Waals surface area contributed by atoms with Crippen LogP contribution in [0.15, 0.2) is 18.3 Å². The minimum Gasteiger partial charge on any atom is -0.467 e. The van der Waals surface area contributed by atoms with Crippen LogP contribution >= 0.6 is 0 Å². The first-order chi connectivity index (χ1) is 10.6. The summed E-state index contributed by atoms with van der Waals surface area (Å²) in [5, 5.41) is 0. The second-order valence-corrected chi connectivity index (χ2v) is 7.46. The van der Waals surface area contributed by atoms with Gasteiger partial charge in [-0.25, -0.2) is 13.4 Å². The highest BCUT2D eigenvalue weighted by Gasteiger charge is 2.34. The molecule has 1 atom stereocenters. The Bertz CT molecular complexity index is 691. The van der Waals surface area contributed by atoms with Crippen molar-refractivity contribution in [1.29, 1.82) is 0 Å². The molecule has 1 aliphatic rings. The van der Waals surface area contributed by atoms with Gasteiger partial charge < -0.3 is 9.64 Å². The summed E-state index contributed by atoms with van der Waals surface area (Å²) in [4.78, 5) is 17.3. The van der Waals surface area contributed by atoms with E-state index in [1.807, 2.05) is 0 Å². The third-order valence-corrected chi connectivity index (χ3v) is 5.20. The summed E-state index contributed by atoms with van der Waals surface area (Å²) in [6.07, 6.45) is -3.05. The second-order valence-electron chi connectivity index (χ2n) is 5.23. The van der Waals surface area contributed by atoms with Crippen molar-refractivity contribution in [1.82, 2.24) is 9.88 Å². The fourth-order valence-electron chi connectivity index (χ4n) is 2.26. The molecule has 0 saturated carbocycles. The lowest BCUT2D eigenvalue weighted by Gasteiger charge is -2.24. The number of rotatable bonds is 4. The van der Waals surface area contributed by atoms with Gasteiger partial charge in [-0.15, -0.1) is 0 Å². The van der Waals surface area contributed by atoms with Crippen LogP contribution in [0.1, 0.15) is 16.8 Å². The molecule has 23 heavy (non-hydrogen) atoms. The number of pyridine rings is 1. The molecule has 0 aliphatic carbocycles. The van der Waals surface area contributed by atoms with E-state index in [1.54, 1.807) is 0 Å². The fourth-order valence-corrected chi connectivity index (χ4v) is 4.03. The van der Waals surface area contributed by atoms with Crippen molar-refractivity contribution in [3.63, 3.8) is 0 Å². The van der Waals surface area contributed by atoms with Gasteiger partial charge in [-0.3, -0.25) is 4.79 Å². The van der Waals surface area contributed by atoms with Crippen LogP contribution in [-0.4, -0.2) is 61.6 Å². The molecule has 2 rings (SSSR count). The number of hydrogen-bond acceptors (Lipinski definition) is 5. The van der Waals surface area contributed by atoms with E-state index in [0.29, 0.717) is 6.42 Å². The zero-order valence-corrected chi connectivity index (χ0v) is 13.0. The van der Waals surface area contributed by atoms with Gasteiger partial charge in [0.15, 0.2) is 16.4 Å². The Balaban J connectivity index is 2.16. The summed E-state index contributed by atoms with van der Waals surface area (Å²) in [7, 11) is -1.77. The van der Waals surface area contributed by atoms with Gasteiger partial charge in [0.2, 0.25) is 5.88 Å². The van der Waals surface area contributed by atoms with Crippen LogP contribution in [-0.2, 0) is 9.84 Å². The number of nitrogens with zero attached hydrogens (tertiary/aromatic N) is 2. The summed E-state index contributed by atoms with van der Waals surface area (Å²) < 4.78 is 64.3. The Morgan fingerprint density at radius 3 is 2.74 bits per heavy atom. The predicted molar refractivity (Wildman–Crippen MR) is 74.9 cm³/mol. The quantitative estimate of drug-likeness (QED) is 0.816. The van der Waals surface area contributed by atoms with Gasteiger partial charge in [0.25, 0.3) is 5.91 Å². The summed E-state index contributed by atoms with van der Waals surface area (Å²) in [5.41, 5.74) is -0.136. The van der Waals surface area contributed by atoms with Gasteiger partial charge in [0.1, 0.15) is 5.56 Å². The minimum atomic E-state index is -4.55. The van der Waals surface area contributed by atoms with Crippen molar-refractivity contribution in [2.75, 3.05) is 25.2 Å². The van der Waals surface area contributed by atoms with Gasteiger partial charge in [-0.05, 0) is 18.6 Å². The smallest absolute Gasteiger partial charge is 0.422 e. The van der Waals surface area contributed by atoms with Crippen molar-refractivity contribution in [2.24, 2.45) is 0 Å². The van der Waals surface area contributed by atoms with E-state index in [2.05, 4.69) is 9.72 Å². The van der Waals surface area contributed by atoms with Crippen LogP contribution in [0, 0.1) is 0 Å². The van der Waals surface area contributed by atoms with Crippen LogP contribution in [0.25, 0.3) is 0 Å². The summed E-state index contributed by atoms with van der Waals surface area (Å²) in [6, 6.07) is 2.18. The molecule has 6 nitrogen and oxygen atoms in total. The molecular formula is C13H15F3N2O4S. The Kier molecular flexibility index (Phi) is 4.83. The molecule has 0 aromatic carbocycles. The van der Waals surface area contributed by atoms with E-state index in [9.17, 15) is 26.4 Å². The zero-order chi connectivity index (χ0) is 17.3. The van der Waals surface area contributed by atoms with E-state index in [-0.39, 0.29) is 17.1 Å². The van der Waals surface area contributed by atoms with Crippen LogP contribution in [0.5, 0.6) is 5.88 Å². The molecule has 128 valence electrons. The molecular weight excluding hydrogens is 337 g/mol. The standard InChI is InChI=1S/C13H15F3N2O4S/c1-18(9-4-6-23(20,21)7-9)12(19)10-3-2-5-17-11(10)22-8-13(14,15)16/h2-3,5,9H,4,6-8H2,1H3. The van der Waals surface area contributed by atoms with Crippen molar-refractivity contribution in [2.45, 2.75) is 18.6 Å². The SMILES string of the molecule is CN(C(=O)c1cccnc1OCC(F)(F)F)C1CCS(=O)(=O)C1. The first-order valence-corrected chi connectivity index (χ1v) is 8.53. The highest BCUT2D eigenvalue weighted by atomic mass is 32.2. The molecule has 1 saturated heterocycles. The van der Waals surface area contributed by atoms with Crippen LogP contribution in [0.4, 0.5) is 13.2 Å². The average Bonchev–Trinajstić information content (AvgIpc) is 2.83. The maximum Gasteiger partial charge on any atom is 0.422 e. The molecule has 1 amide bonds. The average molecular weight is 352 g/mol. The van der Waals surface area contributed by atoms with E-state index in [4.69, 9.17) is 0 Å². The van der Waals surface area contributed by atoms with Gasteiger partial charge in [-0.2, -0.15) is 13.2 Å². The van der Waals surface area contributed by atoms with Crippen LogP contribution in [0.3, 0.4) is 0 Å². The van der Waals surface area contributed by atoms with Gasteiger partial charge in [0.05, 0.1) is 11.5 Å². The van der Waals surface area contributed by atoms with E-state index in [1.165, 1.54) is 30.3 Å². The Labute approximate surface area is 131 Å². The van der Waals surface area contributed by atoms with E-state index in [0.717, 1.165) is 0 Å². The molecule has 0 spiro atoms. The van der Waals surface area contributed by atoms with Gasteiger partial charge in [-0.1, -0.05) is 0 Å². The normalized spacial score (nSPS) is 20.3. The molecule has 1 fully saturated rings. The number of amides is 1. The topological polar surface area (TPSA) is 76.6 Å². The van der Waals surface area contributed by atoms with E-state index >= 15 is 0 Å². The predicted octanol–water partition coefficient (Wildman–Crippen LogP) is 1.28. The van der Waals surface area contributed by atoms with E-state index < -0.39 is 40.4 Å². The summed E-state index contributed by atoms with van der Waals surface area (Å²) >= 11 is 0. The largest absolute Gasteiger partial charge is 0.467 e. The number of ether oxygens (including phenoxy) is 1. The molecule has 1 aromatic rings. The fraction of sp³-hybridized carbons (Fsp3) is 0.538. The lowest BCUT2D eigenvalue weighted by molar-refractivity contribution is -0.154. The van der Waals surface area contributed by atoms with Crippen molar-refractivity contribution >= 4 is 15.7 Å². The highest BCUT2D eigenvalue weighted by Crippen LogP contribution is 2.23. The first kappa shape index (κ1) is 17.5. The summed E-state index contributed by atoms with van der Waals surface area (Å²) in [5.74, 6) is -1.23. The minimum absolute atomic E-state index is 0.0141. The first-order valence-electron chi connectivity index (χ1n) is 6.71. The third-order valence-electron chi connectivity index (χ3n) is 3.45. The lowest BCUT2D eigenvalue weighted by Crippen LogP contribution is -2.38. The number of aromatic nitrogens is 1. The van der Waals surface area contributed by atoms with Crippen molar-refractivity contribution in [3.05, 3.63) is 23.9 Å².